The maximum atomic E-state index is 11.8. The third-order valence-electron chi connectivity index (χ3n) is 4.89. The monoisotopic (exact) mass is 355 g/mol. The van der Waals surface area contributed by atoms with Crippen LogP contribution < -0.4 is 5.32 Å². The van der Waals surface area contributed by atoms with Crippen molar-refractivity contribution in [3.8, 4) is 0 Å². The average molecular weight is 355 g/mol. The van der Waals surface area contributed by atoms with Crippen molar-refractivity contribution in [2.45, 2.75) is 25.8 Å². The number of likely N-dealkylation sites (tertiary alicyclic amines) is 1. The molecular formula is C17H33N5O3. The number of guanidine groups is 1. The molecule has 0 aliphatic carbocycles. The van der Waals surface area contributed by atoms with E-state index in [1.165, 1.54) is 12.8 Å². The van der Waals surface area contributed by atoms with Crippen LogP contribution in [0.5, 0.6) is 0 Å². The summed E-state index contributed by atoms with van der Waals surface area (Å²) in [4.78, 5) is 22.7. The molecule has 0 bridgehead atoms. The van der Waals surface area contributed by atoms with Crippen LogP contribution in [0.25, 0.3) is 0 Å². The van der Waals surface area contributed by atoms with Crippen LogP contribution in [0.2, 0.25) is 0 Å². The summed E-state index contributed by atoms with van der Waals surface area (Å²) >= 11 is 0. The van der Waals surface area contributed by atoms with E-state index in [1.807, 2.05) is 14.0 Å². The SMILES string of the molecule is CCOC(=O)N1CCN(C(=NC)NCC2CCCN2CCOC)CC1. The Labute approximate surface area is 151 Å². The largest absolute Gasteiger partial charge is 0.450 e. The van der Waals surface area contributed by atoms with Crippen molar-refractivity contribution in [1.29, 1.82) is 0 Å². The molecule has 1 atom stereocenters. The molecule has 8 heteroatoms. The highest BCUT2D eigenvalue weighted by atomic mass is 16.6. The molecule has 8 nitrogen and oxygen atoms in total. The molecule has 25 heavy (non-hydrogen) atoms. The number of amides is 1. The lowest BCUT2D eigenvalue weighted by Crippen LogP contribution is -2.55. The molecule has 0 spiro atoms. The maximum Gasteiger partial charge on any atom is 0.409 e. The minimum absolute atomic E-state index is 0.218. The number of methoxy groups -OCH3 is 1. The van der Waals surface area contributed by atoms with Gasteiger partial charge in [-0.15, -0.1) is 0 Å². The number of ether oxygens (including phenoxy) is 2. The lowest BCUT2D eigenvalue weighted by molar-refractivity contribution is 0.0913. The number of nitrogens with zero attached hydrogens (tertiary/aromatic N) is 4. The predicted molar refractivity (Wildman–Crippen MR) is 98.0 cm³/mol. The van der Waals surface area contributed by atoms with Gasteiger partial charge in [-0.2, -0.15) is 0 Å². The summed E-state index contributed by atoms with van der Waals surface area (Å²) in [5.74, 6) is 0.919. The zero-order valence-electron chi connectivity index (χ0n) is 15.9. The number of carbonyl (C=O) groups excluding carboxylic acids is 1. The fraction of sp³-hybridized carbons (Fsp3) is 0.882. The minimum Gasteiger partial charge on any atom is -0.450 e. The Morgan fingerprint density at radius 1 is 1.20 bits per heavy atom. The first-order valence-corrected chi connectivity index (χ1v) is 9.29. The molecule has 1 amide bonds. The topological polar surface area (TPSA) is 69.6 Å². The van der Waals surface area contributed by atoms with Crippen molar-refractivity contribution in [3.05, 3.63) is 0 Å². The Morgan fingerprint density at radius 3 is 2.56 bits per heavy atom. The fourth-order valence-corrected chi connectivity index (χ4v) is 3.49. The number of aliphatic imine (C=N–C) groups is 1. The second-order valence-corrected chi connectivity index (χ2v) is 6.43. The van der Waals surface area contributed by atoms with Gasteiger partial charge < -0.3 is 24.6 Å². The standard InChI is InChI=1S/C17H33N5O3/c1-4-25-17(23)22-10-8-21(9-11-22)16(18-2)19-14-15-6-5-7-20(15)12-13-24-3/h15H,4-14H2,1-3H3,(H,18,19). The Hall–Kier alpha value is -1.54. The summed E-state index contributed by atoms with van der Waals surface area (Å²) in [6, 6.07) is 0.535. The van der Waals surface area contributed by atoms with Crippen molar-refractivity contribution < 1.29 is 14.3 Å². The van der Waals surface area contributed by atoms with Crippen LogP contribution in [0, 0.1) is 0 Å². The van der Waals surface area contributed by atoms with E-state index in [-0.39, 0.29) is 6.09 Å². The van der Waals surface area contributed by atoms with Crippen molar-refractivity contribution >= 4 is 12.1 Å². The second-order valence-electron chi connectivity index (χ2n) is 6.43. The van der Waals surface area contributed by atoms with E-state index in [1.54, 1.807) is 12.0 Å². The summed E-state index contributed by atoms with van der Waals surface area (Å²) in [6.45, 7) is 8.95. The number of hydrogen-bond donors (Lipinski definition) is 1. The molecule has 2 aliphatic heterocycles. The van der Waals surface area contributed by atoms with Crippen LogP contribution in [-0.4, -0.2) is 106 Å². The van der Waals surface area contributed by atoms with E-state index in [0.29, 0.717) is 25.7 Å². The van der Waals surface area contributed by atoms with Crippen LogP contribution in [0.3, 0.4) is 0 Å². The van der Waals surface area contributed by atoms with Crippen LogP contribution >= 0.6 is 0 Å². The number of carbonyl (C=O) groups is 1. The third-order valence-corrected chi connectivity index (χ3v) is 4.89. The van der Waals surface area contributed by atoms with E-state index in [0.717, 1.165) is 45.3 Å². The lowest BCUT2D eigenvalue weighted by Gasteiger charge is -2.36. The van der Waals surface area contributed by atoms with Crippen LogP contribution in [0.15, 0.2) is 4.99 Å². The normalized spacial score (nSPS) is 22.4. The van der Waals surface area contributed by atoms with Crippen LogP contribution in [-0.2, 0) is 9.47 Å². The zero-order valence-corrected chi connectivity index (χ0v) is 15.9. The highest BCUT2D eigenvalue weighted by Crippen LogP contribution is 2.16. The molecule has 0 aromatic heterocycles. The summed E-state index contributed by atoms with van der Waals surface area (Å²) in [6.07, 6.45) is 2.24. The molecule has 0 radical (unpaired) electrons. The first-order chi connectivity index (χ1) is 12.2. The van der Waals surface area contributed by atoms with Gasteiger partial charge in [-0.25, -0.2) is 4.79 Å². The number of nitrogens with one attached hydrogen (secondary N) is 1. The van der Waals surface area contributed by atoms with E-state index in [4.69, 9.17) is 9.47 Å². The number of rotatable bonds is 6. The van der Waals surface area contributed by atoms with Gasteiger partial charge in [0.15, 0.2) is 5.96 Å². The van der Waals surface area contributed by atoms with E-state index < -0.39 is 0 Å². The highest BCUT2D eigenvalue weighted by Gasteiger charge is 2.26. The van der Waals surface area contributed by atoms with Gasteiger partial charge in [-0.1, -0.05) is 0 Å². The Bertz CT molecular complexity index is 438. The van der Waals surface area contributed by atoms with Crippen molar-refractivity contribution in [2.75, 3.05) is 73.2 Å². The molecule has 2 rings (SSSR count). The highest BCUT2D eigenvalue weighted by molar-refractivity contribution is 5.80. The molecule has 2 saturated heterocycles. The Kier molecular flexibility index (Phi) is 8.27. The summed E-state index contributed by atoms with van der Waals surface area (Å²) in [5, 5.41) is 3.52. The first-order valence-electron chi connectivity index (χ1n) is 9.29. The lowest BCUT2D eigenvalue weighted by atomic mass is 10.2. The smallest absolute Gasteiger partial charge is 0.409 e. The van der Waals surface area contributed by atoms with Gasteiger partial charge >= 0.3 is 6.09 Å². The fourth-order valence-electron chi connectivity index (χ4n) is 3.49. The molecule has 2 heterocycles. The van der Waals surface area contributed by atoms with Gasteiger partial charge in [0.1, 0.15) is 0 Å². The molecule has 0 aromatic carbocycles. The van der Waals surface area contributed by atoms with E-state index in [9.17, 15) is 4.79 Å². The molecular weight excluding hydrogens is 322 g/mol. The third kappa shape index (κ3) is 5.74. The van der Waals surface area contributed by atoms with E-state index in [2.05, 4.69) is 20.1 Å². The molecule has 144 valence electrons. The van der Waals surface area contributed by atoms with Crippen LogP contribution in [0.4, 0.5) is 4.79 Å². The predicted octanol–water partition coefficient (Wildman–Crippen LogP) is 0.447. The summed E-state index contributed by atoms with van der Waals surface area (Å²) in [7, 11) is 3.57. The number of hydrogen-bond acceptors (Lipinski definition) is 5. The minimum atomic E-state index is -0.218. The molecule has 2 aliphatic rings. The zero-order chi connectivity index (χ0) is 18.1. The van der Waals surface area contributed by atoms with Gasteiger partial charge in [0.2, 0.25) is 0 Å². The van der Waals surface area contributed by atoms with Crippen molar-refractivity contribution in [1.82, 2.24) is 20.0 Å². The maximum absolute atomic E-state index is 11.8. The molecule has 1 unspecified atom stereocenters. The summed E-state index contributed by atoms with van der Waals surface area (Å²) < 4.78 is 10.3. The van der Waals surface area contributed by atoms with Gasteiger partial charge in [0.25, 0.3) is 0 Å². The van der Waals surface area contributed by atoms with Gasteiger partial charge in [-0.05, 0) is 26.3 Å². The molecule has 0 aromatic rings. The van der Waals surface area contributed by atoms with E-state index >= 15 is 0 Å². The van der Waals surface area contributed by atoms with Crippen molar-refractivity contribution in [2.24, 2.45) is 4.99 Å². The van der Waals surface area contributed by atoms with Gasteiger partial charge in [0.05, 0.1) is 13.2 Å². The average Bonchev–Trinajstić information content (AvgIpc) is 3.08. The Balaban J connectivity index is 1.76. The molecule has 0 saturated carbocycles. The molecule has 1 N–H and O–H groups in total. The first kappa shape index (κ1) is 19.8. The van der Waals surface area contributed by atoms with Crippen LogP contribution in [0.1, 0.15) is 19.8 Å². The Morgan fingerprint density at radius 2 is 1.92 bits per heavy atom. The molecule has 2 fully saturated rings. The quantitative estimate of drug-likeness (QED) is 0.551. The second kappa shape index (κ2) is 10.5. The summed E-state index contributed by atoms with van der Waals surface area (Å²) in [5.41, 5.74) is 0. The van der Waals surface area contributed by atoms with Crippen molar-refractivity contribution in [3.63, 3.8) is 0 Å². The van der Waals surface area contributed by atoms with Gasteiger partial charge in [0, 0.05) is 59.5 Å². The van der Waals surface area contributed by atoms with Gasteiger partial charge in [-0.3, -0.25) is 9.89 Å². The number of piperazine rings is 1.